The molecule has 1 aliphatic carbocycles. The van der Waals surface area contributed by atoms with Gasteiger partial charge in [-0.2, -0.15) is 10.2 Å². The second-order valence-electron chi connectivity index (χ2n) is 8.67. The van der Waals surface area contributed by atoms with Gasteiger partial charge in [-0.25, -0.2) is 9.20 Å². The fraction of sp³-hybridized carbons (Fsp3) is 0.259. The lowest BCUT2D eigenvalue weighted by atomic mass is 9.92. The van der Waals surface area contributed by atoms with Crippen LogP contribution in [0.2, 0.25) is 0 Å². The van der Waals surface area contributed by atoms with E-state index in [0.717, 1.165) is 60.1 Å². The third kappa shape index (κ3) is 4.29. The zero-order valence-electron chi connectivity index (χ0n) is 19.0. The summed E-state index contributed by atoms with van der Waals surface area (Å²) in [4.78, 5) is 24.2. The van der Waals surface area contributed by atoms with Crippen LogP contribution in [0.25, 0.3) is 33.7 Å². The number of hydrogen-bond acceptors (Lipinski definition) is 4. The zero-order valence-corrected chi connectivity index (χ0v) is 19.0. The molecule has 5 rings (SSSR count). The largest absolute Gasteiger partial charge is 0.370 e. The lowest BCUT2D eigenvalue weighted by Gasteiger charge is -2.21. The van der Waals surface area contributed by atoms with E-state index >= 15 is 0 Å². The van der Waals surface area contributed by atoms with Crippen LogP contribution >= 0.6 is 0 Å². The number of carbonyl (C=O) groups excluding carboxylic acids is 1. The lowest BCUT2D eigenvalue weighted by molar-refractivity contribution is -0.118. The van der Waals surface area contributed by atoms with Gasteiger partial charge >= 0.3 is 0 Å². The van der Waals surface area contributed by atoms with Crippen LogP contribution < -0.4 is 11.3 Å². The lowest BCUT2D eigenvalue weighted by Crippen LogP contribution is -2.24. The van der Waals surface area contributed by atoms with Crippen molar-refractivity contribution in [2.24, 2.45) is 5.73 Å². The number of allylic oxidation sites excluding steroid dienone is 2. The summed E-state index contributed by atoms with van der Waals surface area (Å²) in [5, 5.41) is 9.70. The van der Waals surface area contributed by atoms with Crippen molar-refractivity contribution in [2.45, 2.75) is 44.9 Å². The fourth-order valence-electron chi connectivity index (χ4n) is 4.74. The van der Waals surface area contributed by atoms with E-state index in [4.69, 9.17) is 15.9 Å². The highest BCUT2D eigenvalue weighted by molar-refractivity contribution is 5.90. The monoisotopic (exact) mass is 453 g/mol. The Morgan fingerprint density at radius 1 is 0.941 bits per heavy atom. The third-order valence-electron chi connectivity index (χ3n) is 6.35. The van der Waals surface area contributed by atoms with Crippen LogP contribution in [0.4, 0.5) is 0 Å². The van der Waals surface area contributed by atoms with Gasteiger partial charge in [0, 0.05) is 29.9 Å². The van der Waals surface area contributed by atoms with E-state index in [1.807, 2.05) is 59.2 Å². The number of aromatic nitrogens is 4. The van der Waals surface area contributed by atoms with Gasteiger partial charge < -0.3 is 5.73 Å². The highest BCUT2D eigenvalue weighted by atomic mass is 16.1. The highest BCUT2D eigenvalue weighted by Gasteiger charge is 2.21. The maximum Gasteiger partial charge on any atom is 0.271 e. The van der Waals surface area contributed by atoms with Crippen molar-refractivity contribution in [1.82, 2.24) is 19.4 Å². The molecule has 2 N–H and O–H groups in total. The molecule has 0 fully saturated rings. The number of primary amides is 1. The normalized spacial score (nSPS) is 14.0. The van der Waals surface area contributed by atoms with Crippen LogP contribution in [0.1, 0.15) is 44.9 Å². The molecule has 1 aliphatic rings. The zero-order chi connectivity index (χ0) is 23.5. The Morgan fingerprint density at radius 2 is 1.74 bits per heavy atom. The summed E-state index contributed by atoms with van der Waals surface area (Å²) in [7, 11) is 0. The number of carbonyl (C=O) groups is 1. The first-order valence-electron chi connectivity index (χ1n) is 11.7. The Labute approximate surface area is 197 Å². The number of nitrogens with two attached hydrogens (primary N) is 1. The smallest absolute Gasteiger partial charge is 0.271 e. The molecular formula is C27H27N5O2. The maximum atomic E-state index is 13.0. The van der Waals surface area contributed by atoms with Crippen molar-refractivity contribution in [3.8, 4) is 22.5 Å². The number of hydrogen-bond donors (Lipinski definition) is 1. The van der Waals surface area contributed by atoms with Crippen LogP contribution in [0.15, 0.2) is 77.2 Å². The minimum Gasteiger partial charge on any atom is -0.370 e. The summed E-state index contributed by atoms with van der Waals surface area (Å²) >= 11 is 0. The molecule has 7 nitrogen and oxygen atoms in total. The van der Waals surface area contributed by atoms with Crippen molar-refractivity contribution in [1.29, 1.82) is 0 Å². The van der Waals surface area contributed by atoms with Crippen LogP contribution in [-0.2, 0) is 4.79 Å². The molecule has 0 saturated heterocycles. The van der Waals surface area contributed by atoms with Crippen molar-refractivity contribution in [3.05, 3.63) is 82.8 Å². The molecule has 0 aliphatic heterocycles. The molecular weight excluding hydrogens is 426 g/mol. The quantitative estimate of drug-likeness (QED) is 0.440. The van der Waals surface area contributed by atoms with E-state index < -0.39 is 0 Å². The minimum absolute atomic E-state index is 0.147. The van der Waals surface area contributed by atoms with Crippen LogP contribution in [0.5, 0.6) is 0 Å². The molecule has 0 bridgehead atoms. The summed E-state index contributed by atoms with van der Waals surface area (Å²) < 4.78 is 3.42. The summed E-state index contributed by atoms with van der Waals surface area (Å²) in [5.41, 5.74) is 11.7. The van der Waals surface area contributed by atoms with E-state index in [9.17, 15) is 9.59 Å². The molecule has 0 spiro atoms. The number of rotatable bonds is 7. The van der Waals surface area contributed by atoms with Gasteiger partial charge in [0.25, 0.3) is 5.56 Å². The molecule has 172 valence electrons. The van der Waals surface area contributed by atoms with Crippen molar-refractivity contribution in [2.75, 3.05) is 0 Å². The summed E-state index contributed by atoms with van der Waals surface area (Å²) in [6, 6.07) is 19.3. The van der Waals surface area contributed by atoms with Gasteiger partial charge in [0.2, 0.25) is 5.91 Å². The van der Waals surface area contributed by atoms with Crippen LogP contribution in [-0.4, -0.2) is 25.3 Å². The number of nitrogens with zero attached hydrogens (tertiary/aromatic N) is 4. The second-order valence-corrected chi connectivity index (χ2v) is 8.67. The topological polar surface area (TPSA) is 95.3 Å². The molecule has 1 aromatic carbocycles. The minimum atomic E-state index is -0.295. The van der Waals surface area contributed by atoms with Gasteiger partial charge in [0.15, 0.2) is 0 Å². The van der Waals surface area contributed by atoms with Gasteiger partial charge in [-0.15, -0.1) is 0 Å². The van der Waals surface area contributed by atoms with Gasteiger partial charge in [-0.05, 0) is 62.3 Å². The number of pyridine rings is 1. The molecule has 4 aromatic rings. The van der Waals surface area contributed by atoms with Crippen LogP contribution in [0.3, 0.4) is 0 Å². The average Bonchev–Trinajstić information content (AvgIpc) is 3.25. The van der Waals surface area contributed by atoms with Crippen molar-refractivity contribution < 1.29 is 4.79 Å². The van der Waals surface area contributed by atoms with E-state index in [0.29, 0.717) is 18.5 Å². The first-order chi connectivity index (χ1) is 16.6. The second kappa shape index (κ2) is 9.47. The molecule has 3 heterocycles. The van der Waals surface area contributed by atoms with Gasteiger partial charge in [-0.3, -0.25) is 9.59 Å². The van der Waals surface area contributed by atoms with Gasteiger partial charge in [0.05, 0.1) is 16.8 Å². The van der Waals surface area contributed by atoms with E-state index in [2.05, 4.69) is 0 Å². The average molecular weight is 454 g/mol. The van der Waals surface area contributed by atoms with E-state index in [1.165, 1.54) is 5.57 Å². The highest BCUT2D eigenvalue weighted by Crippen LogP contribution is 2.35. The molecule has 0 radical (unpaired) electrons. The Bertz CT molecular complexity index is 1430. The Hall–Kier alpha value is -4.00. The molecule has 3 aromatic heterocycles. The summed E-state index contributed by atoms with van der Waals surface area (Å²) in [5.74, 6) is -0.295. The molecule has 1 amide bonds. The standard InChI is InChI=1S/C27H27N5O2/c28-24(33)15-8-12-19-9-4-5-13-22(19)32-25(34)17-16-21(29-32)26-23-14-6-7-18-31(23)30-27(26)20-10-2-1-3-11-20/h1-3,6-7,10-11,14,16-18H,4-5,8-9,12-13,15H2,(H2,28,33). The van der Waals surface area contributed by atoms with Gasteiger partial charge in [-0.1, -0.05) is 36.4 Å². The molecule has 0 unspecified atom stereocenters. The predicted octanol–water partition coefficient (Wildman–Crippen LogP) is 4.67. The molecule has 34 heavy (non-hydrogen) atoms. The molecule has 7 heteroatoms. The fourth-order valence-corrected chi connectivity index (χ4v) is 4.74. The Balaban J connectivity index is 1.65. The van der Waals surface area contributed by atoms with Crippen molar-refractivity contribution in [3.63, 3.8) is 0 Å². The Kier molecular flexibility index (Phi) is 6.08. The Morgan fingerprint density at radius 3 is 2.56 bits per heavy atom. The summed E-state index contributed by atoms with van der Waals surface area (Å²) in [6.45, 7) is 0. The predicted molar refractivity (Wildman–Crippen MR) is 133 cm³/mol. The van der Waals surface area contributed by atoms with Gasteiger partial charge in [0.1, 0.15) is 5.69 Å². The van der Waals surface area contributed by atoms with Crippen molar-refractivity contribution >= 4 is 17.1 Å². The van der Waals surface area contributed by atoms with E-state index in [1.54, 1.807) is 16.8 Å². The van der Waals surface area contributed by atoms with Crippen LogP contribution in [0, 0.1) is 0 Å². The molecule has 0 saturated carbocycles. The summed E-state index contributed by atoms with van der Waals surface area (Å²) in [6.07, 6.45) is 7.51. The first kappa shape index (κ1) is 21.8. The SMILES string of the molecule is NC(=O)CCCC1=C(n2nc(-c3c(-c4ccccc4)nn4ccccc34)ccc2=O)CCCC1. The first-order valence-corrected chi connectivity index (χ1v) is 11.7. The maximum absolute atomic E-state index is 13.0. The number of fused-ring (bicyclic) bond motifs is 1. The number of amides is 1. The third-order valence-corrected chi connectivity index (χ3v) is 6.35. The molecule has 0 atom stereocenters. The van der Waals surface area contributed by atoms with E-state index in [-0.39, 0.29) is 11.5 Å². The number of benzene rings is 1.